The van der Waals surface area contributed by atoms with Crippen LogP contribution in [0.25, 0.3) is 0 Å². The summed E-state index contributed by atoms with van der Waals surface area (Å²) >= 11 is 12.3. The van der Waals surface area contributed by atoms with E-state index in [-0.39, 0.29) is 5.92 Å². The second-order valence-corrected chi connectivity index (χ2v) is 5.79. The van der Waals surface area contributed by atoms with E-state index in [1.54, 1.807) is 19.2 Å². The third-order valence-corrected chi connectivity index (χ3v) is 3.63. The average Bonchev–Trinajstić information content (AvgIpc) is 2.42. The summed E-state index contributed by atoms with van der Waals surface area (Å²) in [6, 6.07) is 8.85. The van der Waals surface area contributed by atoms with Crippen molar-refractivity contribution in [2.24, 2.45) is 0 Å². The highest BCUT2D eigenvalue weighted by Gasteiger charge is 2.15. The van der Waals surface area contributed by atoms with Crippen LogP contribution >= 0.6 is 23.2 Å². The standard InChI is InChI=1S/C16H17Cl2NO2/c1-9(2)12-8-11(20-3)4-5-15(12)21-16-13(17)6-10(19)7-14(16)18/h4-9H,19H2,1-3H3. The molecule has 0 amide bonds. The minimum absolute atomic E-state index is 0.265. The first-order valence-electron chi connectivity index (χ1n) is 6.52. The van der Waals surface area contributed by atoms with E-state index in [0.717, 1.165) is 11.3 Å². The third-order valence-electron chi connectivity index (χ3n) is 3.07. The Bertz CT molecular complexity index is 634. The van der Waals surface area contributed by atoms with Crippen molar-refractivity contribution in [1.82, 2.24) is 0 Å². The Morgan fingerprint density at radius 1 is 1.05 bits per heavy atom. The summed E-state index contributed by atoms with van der Waals surface area (Å²) < 4.78 is 11.2. The molecular weight excluding hydrogens is 309 g/mol. The first-order chi connectivity index (χ1) is 9.92. The summed E-state index contributed by atoms with van der Waals surface area (Å²) in [6.45, 7) is 4.15. The molecule has 0 saturated heterocycles. The van der Waals surface area contributed by atoms with Gasteiger partial charge in [-0.2, -0.15) is 0 Å². The minimum atomic E-state index is 0.265. The molecule has 2 aromatic carbocycles. The molecule has 0 heterocycles. The van der Waals surface area contributed by atoms with Gasteiger partial charge in [-0.15, -0.1) is 0 Å². The van der Waals surface area contributed by atoms with Gasteiger partial charge in [-0.1, -0.05) is 37.0 Å². The molecule has 2 aromatic rings. The molecule has 0 unspecified atom stereocenters. The van der Waals surface area contributed by atoms with Crippen molar-refractivity contribution in [2.45, 2.75) is 19.8 Å². The van der Waals surface area contributed by atoms with Gasteiger partial charge in [0.05, 0.1) is 17.2 Å². The molecule has 0 aliphatic heterocycles. The van der Waals surface area contributed by atoms with Gasteiger partial charge in [-0.25, -0.2) is 0 Å². The lowest BCUT2D eigenvalue weighted by atomic mass is 10.0. The van der Waals surface area contributed by atoms with Crippen LogP contribution in [-0.2, 0) is 0 Å². The third kappa shape index (κ3) is 3.55. The summed E-state index contributed by atoms with van der Waals surface area (Å²) in [5.74, 6) is 2.14. The second-order valence-electron chi connectivity index (χ2n) is 4.97. The summed E-state index contributed by atoms with van der Waals surface area (Å²) in [4.78, 5) is 0. The number of rotatable bonds is 4. The van der Waals surface area contributed by atoms with Gasteiger partial charge in [-0.05, 0) is 36.2 Å². The Hall–Kier alpha value is -1.58. The summed E-state index contributed by atoms with van der Waals surface area (Å²) in [5.41, 5.74) is 7.21. The van der Waals surface area contributed by atoms with E-state index in [1.807, 2.05) is 18.2 Å². The lowest BCUT2D eigenvalue weighted by molar-refractivity contribution is 0.411. The average molecular weight is 326 g/mol. The van der Waals surface area contributed by atoms with Crippen molar-refractivity contribution < 1.29 is 9.47 Å². The zero-order valence-corrected chi connectivity index (χ0v) is 13.6. The molecule has 3 nitrogen and oxygen atoms in total. The van der Waals surface area contributed by atoms with E-state index in [2.05, 4.69) is 13.8 Å². The topological polar surface area (TPSA) is 44.5 Å². The molecule has 0 aliphatic rings. The van der Waals surface area contributed by atoms with Crippen molar-refractivity contribution in [3.8, 4) is 17.2 Å². The number of anilines is 1. The highest BCUT2D eigenvalue weighted by Crippen LogP contribution is 2.41. The first kappa shape index (κ1) is 15.8. The van der Waals surface area contributed by atoms with Crippen LogP contribution in [0.15, 0.2) is 30.3 Å². The number of nitrogens with two attached hydrogens (primary N) is 1. The van der Waals surface area contributed by atoms with E-state index in [1.165, 1.54) is 0 Å². The monoisotopic (exact) mass is 325 g/mol. The molecule has 5 heteroatoms. The minimum Gasteiger partial charge on any atom is -0.497 e. The smallest absolute Gasteiger partial charge is 0.164 e. The van der Waals surface area contributed by atoms with Gasteiger partial charge in [-0.3, -0.25) is 0 Å². The number of hydrogen-bond acceptors (Lipinski definition) is 3. The van der Waals surface area contributed by atoms with Crippen LogP contribution in [0.1, 0.15) is 25.3 Å². The molecule has 21 heavy (non-hydrogen) atoms. The van der Waals surface area contributed by atoms with E-state index < -0.39 is 0 Å². The zero-order chi connectivity index (χ0) is 15.6. The maximum atomic E-state index is 6.16. The number of benzene rings is 2. The maximum absolute atomic E-state index is 6.16. The largest absolute Gasteiger partial charge is 0.497 e. The molecule has 0 fully saturated rings. The molecule has 2 N–H and O–H groups in total. The quantitative estimate of drug-likeness (QED) is 0.755. The number of hydrogen-bond donors (Lipinski definition) is 1. The van der Waals surface area contributed by atoms with E-state index in [0.29, 0.717) is 27.2 Å². The fourth-order valence-electron chi connectivity index (χ4n) is 1.98. The van der Waals surface area contributed by atoms with Gasteiger partial charge in [0.25, 0.3) is 0 Å². The Kier molecular flexibility index (Phi) is 4.86. The Labute approximate surface area is 134 Å². The van der Waals surface area contributed by atoms with Gasteiger partial charge < -0.3 is 15.2 Å². The molecular formula is C16H17Cl2NO2. The number of ether oxygens (including phenoxy) is 2. The predicted molar refractivity (Wildman–Crippen MR) is 88.0 cm³/mol. The van der Waals surface area contributed by atoms with Gasteiger partial charge in [0.15, 0.2) is 5.75 Å². The van der Waals surface area contributed by atoms with Crippen molar-refractivity contribution in [1.29, 1.82) is 0 Å². The van der Waals surface area contributed by atoms with Crippen LogP contribution in [0.4, 0.5) is 5.69 Å². The Morgan fingerprint density at radius 3 is 2.19 bits per heavy atom. The lowest BCUT2D eigenvalue weighted by Crippen LogP contribution is -1.97. The Morgan fingerprint density at radius 2 is 1.67 bits per heavy atom. The molecule has 0 spiro atoms. The van der Waals surface area contributed by atoms with Crippen LogP contribution in [0.5, 0.6) is 17.2 Å². The van der Waals surface area contributed by atoms with Crippen LogP contribution in [0.3, 0.4) is 0 Å². The fraction of sp³-hybridized carbons (Fsp3) is 0.250. The highest BCUT2D eigenvalue weighted by molar-refractivity contribution is 6.37. The van der Waals surface area contributed by atoms with Crippen LogP contribution < -0.4 is 15.2 Å². The number of halogens is 2. The zero-order valence-electron chi connectivity index (χ0n) is 12.1. The van der Waals surface area contributed by atoms with Crippen molar-refractivity contribution >= 4 is 28.9 Å². The van der Waals surface area contributed by atoms with Gasteiger partial charge >= 0.3 is 0 Å². The molecule has 2 rings (SSSR count). The highest BCUT2D eigenvalue weighted by atomic mass is 35.5. The van der Waals surface area contributed by atoms with Crippen molar-refractivity contribution in [2.75, 3.05) is 12.8 Å². The normalized spacial score (nSPS) is 10.8. The van der Waals surface area contributed by atoms with E-state index in [9.17, 15) is 0 Å². The molecule has 112 valence electrons. The second kappa shape index (κ2) is 6.46. The SMILES string of the molecule is COc1ccc(Oc2c(Cl)cc(N)cc2Cl)c(C(C)C)c1. The van der Waals surface area contributed by atoms with Crippen LogP contribution in [0, 0.1) is 0 Å². The number of nitrogen functional groups attached to an aromatic ring is 1. The number of methoxy groups -OCH3 is 1. The summed E-state index contributed by atoms with van der Waals surface area (Å²) in [6.07, 6.45) is 0. The van der Waals surface area contributed by atoms with Gasteiger partial charge in [0, 0.05) is 11.3 Å². The van der Waals surface area contributed by atoms with Crippen molar-refractivity contribution in [3.63, 3.8) is 0 Å². The summed E-state index contributed by atoms with van der Waals surface area (Å²) in [7, 11) is 1.63. The first-order valence-corrected chi connectivity index (χ1v) is 7.28. The summed E-state index contributed by atoms with van der Waals surface area (Å²) in [5, 5.41) is 0.760. The van der Waals surface area contributed by atoms with Crippen LogP contribution in [0.2, 0.25) is 10.0 Å². The van der Waals surface area contributed by atoms with Gasteiger partial charge in [0.1, 0.15) is 11.5 Å². The maximum Gasteiger partial charge on any atom is 0.164 e. The fourth-order valence-corrected chi connectivity index (χ4v) is 2.57. The molecule has 0 saturated carbocycles. The molecule has 0 aromatic heterocycles. The van der Waals surface area contributed by atoms with Crippen molar-refractivity contribution in [3.05, 3.63) is 45.9 Å². The predicted octanol–water partition coefficient (Wildman–Crippen LogP) is 5.50. The molecule has 0 radical (unpaired) electrons. The van der Waals surface area contributed by atoms with Crippen LogP contribution in [-0.4, -0.2) is 7.11 Å². The molecule has 0 bridgehead atoms. The Balaban J connectivity index is 2.44. The molecule has 0 atom stereocenters. The van der Waals surface area contributed by atoms with E-state index in [4.69, 9.17) is 38.4 Å². The lowest BCUT2D eigenvalue weighted by Gasteiger charge is -2.16. The van der Waals surface area contributed by atoms with E-state index >= 15 is 0 Å². The van der Waals surface area contributed by atoms with Gasteiger partial charge in [0.2, 0.25) is 0 Å². The molecule has 0 aliphatic carbocycles.